The second-order valence-corrected chi connectivity index (χ2v) is 21.7. The summed E-state index contributed by atoms with van der Waals surface area (Å²) >= 11 is 13.1. The van der Waals surface area contributed by atoms with E-state index < -0.39 is 20.0 Å². The highest BCUT2D eigenvalue weighted by Crippen LogP contribution is 2.43. The van der Waals surface area contributed by atoms with E-state index in [1.165, 1.54) is 13.5 Å². The van der Waals surface area contributed by atoms with Crippen LogP contribution in [0.4, 0.5) is 11.9 Å². The molecule has 1 aliphatic heterocycles. The molecule has 0 amide bonds. The van der Waals surface area contributed by atoms with Crippen molar-refractivity contribution in [3.05, 3.63) is 156 Å². The van der Waals surface area contributed by atoms with Gasteiger partial charge < -0.3 is 15.4 Å². The fraction of sp³-hybridized carbons (Fsp3) is 0.255. The number of aromatic nitrogens is 6. The third-order valence-corrected chi connectivity index (χ3v) is 16.5. The van der Waals surface area contributed by atoms with E-state index in [9.17, 15) is 16.8 Å². The highest BCUT2D eigenvalue weighted by Gasteiger charge is 2.48. The van der Waals surface area contributed by atoms with Crippen molar-refractivity contribution >= 4 is 77.0 Å². The third-order valence-electron chi connectivity index (χ3n) is 12.6. The summed E-state index contributed by atoms with van der Waals surface area (Å²) in [4.78, 5) is 18.6. The van der Waals surface area contributed by atoms with Gasteiger partial charge in [-0.3, -0.25) is 0 Å². The van der Waals surface area contributed by atoms with E-state index in [4.69, 9.17) is 32.9 Å². The van der Waals surface area contributed by atoms with Crippen LogP contribution in [-0.2, 0) is 24.8 Å². The maximum Gasteiger partial charge on any atom is 0.268 e. The van der Waals surface area contributed by atoms with Crippen LogP contribution < -0.4 is 10.6 Å². The Balaban J connectivity index is 0.000000168. The second-order valence-electron chi connectivity index (χ2n) is 17.2. The number of anilines is 2. The lowest BCUT2D eigenvalue weighted by Crippen LogP contribution is -2.32. The van der Waals surface area contributed by atoms with E-state index in [-0.39, 0.29) is 34.9 Å². The summed E-state index contributed by atoms with van der Waals surface area (Å²) in [7, 11) is -7.60. The van der Waals surface area contributed by atoms with Gasteiger partial charge in [0.2, 0.25) is 11.9 Å². The van der Waals surface area contributed by atoms with Crippen LogP contribution in [0.1, 0.15) is 58.8 Å². The number of para-hydroxylation sites is 2. The molecular weight excluding hydrogens is 940 g/mol. The highest BCUT2D eigenvalue weighted by molar-refractivity contribution is 7.90. The quantitative estimate of drug-likeness (QED) is 0.0989. The molecule has 11 rings (SSSR count). The summed E-state index contributed by atoms with van der Waals surface area (Å²) in [6.07, 6.45) is 14.5. The van der Waals surface area contributed by atoms with Crippen molar-refractivity contribution in [2.24, 2.45) is 0 Å². The highest BCUT2D eigenvalue weighted by atomic mass is 35.5. The smallest absolute Gasteiger partial charge is 0.268 e. The Kier molecular flexibility index (Phi) is 13.2. The van der Waals surface area contributed by atoms with Crippen molar-refractivity contribution in [2.75, 3.05) is 17.2 Å². The van der Waals surface area contributed by atoms with E-state index in [2.05, 4.69) is 32.2 Å². The Morgan fingerprint density at radius 1 is 0.647 bits per heavy atom. The van der Waals surface area contributed by atoms with Crippen LogP contribution in [0, 0.1) is 0 Å². The van der Waals surface area contributed by atoms with Crippen LogP contribution in [-0.4, -0.2) is 69.0 Å². The minimum Gasteiger partial charge on any atom is -0.370 e. The number of halogens is 2. The third kappa shape index (κ3) is 9.37. The Labute approximate surface area is 406 Å². The van der Waals surface area contributed by atoms with Gasteiger partial charge in [-0.15, -0.1) is 0 Å². The van der Waals surface area contributed by atoms with Crippen molar-refractivity contribution in [2.45, 2.75) is 86.3 Å². The predicted molar refractivity (Wildman–Crippen MR) is 270 cm³/mol. The zero-order valence-electron chi connectivity index (χ0n) is 36.2. The zero-order valence-corrected chi connectivity index (χ0v) is 39.4. The summed E-state index contributed by atoms with van der Waals surface area (Å²) in [5.41, 5.74) is 4.62. The van der Waals surface area contributed by atoms with Crippen molar-refractivity contribution < 1.29 is 21.6 Å². The van der Waals surface area contributed by atoms with Gasteiger partial charge in [0.15, 0.2) is 0 Å². The average Bonchev–Trinajstić information content (AvgIpc) is 3.77. The van der Waals surface area contributed by atoms with Crippen molar-refractivity contribution in [3.63, 3.8) is 0 Å². The molecule has 1 saturated heterocycles. The van der Waals surface area contributed by atoms with Crippen LogP contribution in [0.15, 0.2) is 156 Å². The monoisotopic (exact) mass is 988 g/mol. The summed E-state index contributed by atoms with van der Waals surface area (Å²) in [6.45, 7) is 4.94. The van der Waals surface area contributed by atoms with Crippen LogP contribution in [0.2, 0.25) is 10.0 Å². The number of nitrogens with one attached hydrogen (secondary N) is 2. The summed E-state index contributed by atoms with van der Waals surface area (Å²) < 4.78 is 62.0. The van der Waals surface area contributed by atoms with E-state index >= 15 is 0 Å². The number of nitrogens with zero attached hydrogens (tertiary/aromatic N) is 6. The molecule has 1 spiro atoms. The minimum absolute atomic E-state index is 0. The number of benzene rings is 4. The number of ether oxygens (including phenoxy) is 1. The molecule has 4 aromatic heterocycles. The molecule has 3 fully saturated rings. The Morgan fingerprint density at radius 3 is 1.59 bits per heavy atom. The molecule has 0 radical (unpaired) electrons. The summed E-state index contributed by atoms with van der Waals surface area (Å²) in [5.74, 6) is 0.946. The lowest BCUT2D eigenvalue weighted by molar-refractivity contribution is 0.226. The largest absolute Gasteiger partial charge is 0.370 e. The molecule has 13 nitrogen and oxygen atoms in total. The van der Waals surface area contributed by atoms with Crippen LogP contribution in [0.5, 0.6) is 0 Å². The molecule has 3 aliphatic rings. The molecule has 2 aliphatic carbocycles. The van der Waals surface area contributed by atoms with Crippen LogP contribution in [0.25, 0.3) is 44.3 Å². The van der Waals surface area contributed by atoms with Gasteiger partial charge in [-0.05, 0) is 87.8 Å². The van der Waals surface area contributed by atoms with Crippen molar-refractivity contribution in [1.82, 2.24) is 27.9 Å². The van der Waals surface area contributed by atoms with Gasteiger partial charge in [0.1, 0.15) is 0 Å². The Bertz CT molecular complexity index is 3380. The molecule has 0 bridgehead atoms. The molecule has 17 heteroatoms. The first-order chi connectivity index (χ1) is 32.4. The maximum atomic E-state index is 13.4. The topological polar surface area (TPSA) is 166 Å². The van der Waals surface area contributed by atoms with Gasteiger partial charge in [0, 0.05) is 46.4 Å². The SMILES string of the molecule is C.C=C1CCC[C@@H](Nc2ncc(Cl)c(-c3cn(S(=O)(=O)c4ccccc4)c4ccccc34)n2)C1.O=S(=O)(c1ccccc1)n1cc(-c2nc(N[C@@H]3CCCC4(CO4)C3)ncc2Cl)c2ccccc21. The molecular formula is C51H50Cl2N8O5S2. The Morgan fingerprint density at radius 2 is 1.10 bits per heavy atom. The Hall–Kier alpha value is -6.10. The van der Waals surface area contributed by atoms with Crippen LogP contribution >= 0.6 is 23.2 Å². The van der Waals surface area contributed by atoms with E-state index in [1.807, 2.05) is 36.4 Å². The van der Waals surface area contributed by atoms with E-state index in [1.54, 1.807) is 97.6 Å². The number of hydrogen-bond acceptors (Lipinski definition) is 11. The number of hydrogen-bond donors (Lipinski definition) is 2. The lowest BCUT2D eigenvalue weighted by atomic mass is 9.86. The molecule has 2 N–H and O–H groups in total. The number of fused-ring (bicyclic) bond motifs is 2. The number of epoxide rings is 1. The molecule has 2 saturated carbocycles. The van der Waals surface area contributed by atoms with Crippen LogP contribution in [0.3, 0.4) is 0 Å². The molecule has 5 heterocycles. The van der Waals surface area contributed by atoms with Gasteiger partial charge in [-0.2, -0.15) is 0 Å². The molecule has 8 aromatic rings. The zero-order chi connectivity index (χ0) is 46.3. The second kappa shape index (κ2) is 19.1. The van der Waals surface area contributed by atoms with Crippen molar-refractivity contribution in [1.29, 1.82) is 0 Å². The van der Waals surface area contributed by atoms with Gasteiger partial charge >= 0.3 is 0 Å². The molecule has 350 valence electrons. The standard InChI is InChI=1S/C25H23ClN4O3S.C25H23ClN4O2S.CH4/c26-21-14-27-24(28-17-7-6-12-25(13-17)16-33-25)29-23(21)20-15-30(22-11-5-4-10-19(20)22)34(31,32)18-8-2-1-3-9-18;1-17-8-7-9-18(14-17)28-25-27-15-22(26)24(29-25)21-16-30(23-13-6-5-12-20(21)23)33(31,32)19-10-3-2-4-11-19;/h1-5,8-11,14-15,17H,6-7,12-13,16H2,(H,27,28,29);2-6,10-13,15-16,18H,1,7-9,14H2,(H,27,28,29);1H4/t17-,25?;18-;/m11./s1. The lowest BCUT2D eigenvalue weighted by Gasteiger charge is -2.27. The summed E-state index contributed by atoms with van der Waals surface area (Å²) in [5, 5.41) is 9.04. The molecule has 4 aromatic carbocycles. The number of rotatable bonds is 10. The van der Waals surface area contributed by atoms with E-state index in [0.29, 0.717) is 55.5 Å². The van der Waals surface area contributed by atoms with Crippen molar-refractivity contribution in [3.8, 4) is 22.5 Å². The normalized spacial score (nSPS) is 19.2. The van der Waals surface area contributed by atoms with E-state index in [0.717, 1.165) is 68.7 Å². The first-order valence-electron chi connectivity index (χ1n) is 22.1. The first kappa shape index (κ1) is 47.0. The fourth-order valence-corrected chi connectivity index (χ4v) is 12.4. The van der Waals surface area contributed by atoms with Gasteiger partial charge in [-0.1, -0.05) is 116 Å². The first-order valence-corrected chi connectivity index (χ1v) is 25.7. The summed E-state index contributed by atoms with van der Waals surface area (Å²) in [6, 6.07) is 31.9. The maximum absolute atomic E-state index is 13.4. The minimum atomic E-state index is -3.80. The van der Waals surface area contributed by atoms with Gasteiger partial charge in [0.05, 0.1) is 66.9 Å². The average molecular weight is 990 g/mol. The predicted octanol–water partition coefficient (Wildman–Crippen LogP) is 11.6. The van der Waals surface area contributed by atoms with Gasteiger partial charge in [0.25, 0.3) is 20.0 Å². The molecule has 3 atom stereocenters. The molecule has 68 heavy (non-hydrogen) atoms. The molecule has 1 unspecified atom stereocenters. The van der Waals surface area contributed by atoms with Gasteiger partial charge in [-0.25, -0.2) is 44.7 Å². The fourth-order valence-electron chi connectivity index (χ4n) is 9.19.